The van der Waals surface area contributed by atoms with E-state index in [-0.39, 0.29) is 11.9 Å². The van der Waals surface area contributed by atoms with Crippen molar-refractivity contribution in [1.82, 2.24) is 19.8 Å². The Morgan fingerprint density at radius 1 is 1.19 bits per heavy atom. The molecule has 1 aliphatic rings. The lowest BCUT2D eigenvalue weighted by molar-refractivity contribution is 0.0610. The summed E-state index contributed by atoms with van der Waals surface area (Å²) in [6.45, 7) is 1.69. The van der Waals surface area contributed by atoms with Crippen LogP contribution in [-0.2, 0) is 6.54 Å². The molecule has 1 N–H and O–H groups in total. The highest BCUT2D eigenvalue weighted by Crippen LogP contribution is 2.32. The van der Waals surface area contributed by atoms with Crippen LogP contribution in [0.2, 0.25) is 0 Å². The van der Waals surface area contributed by atoms with E-state index in [2.05, 4.69) is 58.5 Å². The van der Waals surface area contributed by atoms with Gasteiger partial charge in [-0.2, -0.15) is 0 Å². The van der Waals surface area contributed by atoms with E-state index < -0.39 is 0 Å². The van der Waals surface area contributed by atoms with Gasteiger partial charge < -0.3 is 15.1 Å². The van der Waals surface area contributed by atoms with Gasteiger partial charge in [-0.25, -0.2) is 9.97 Å². The number of benzene rings is 1. The number of nitrogens with one attached hydrogen (secondary N) is 1. The summed E-state index contributed by atoms with van der Waals surface area (Å²) in [6, 6.07) is 8.77. The van der Waals surface area contributed by atoms with E-state index in [9.17, 15) is 4.79 Å². The molecule has 6 nitrogen and oxygen atoms in total. The molecule has 0 spiro atoms. The molecule has 0 radical (unpaired) electrons. The minimum atomic E-state index is 0.00900. The van der Waals surface area contributed by atoms with Crippen LogP contribution in [0.3, 0.4) is 0 Å². The number of amides is 1. The lowest BCUT2D eigenvalue weighted by atomic mass is 9.94. The minimum absolute atomic E-state index is 0.00900. The van der Waals surface area contributed by atoms with Crippen molar-refractivity contribution in [2.75, 3.05) is 33.0 Å². The van der Waals surface area contributed by atoms with Gasteiger partial charge in [0, 0.05) is 32.5 Å². The highest BCUT2D eigenvalue weighted by Gasteiger charge is 2.29. The van der Waals surface area contributed by atoms with E-state index >= 15 is 0 Å². The van der Waals surface area contributed by atoms with Gasteiger partial charge in [-0.1, -0.05) is 24.3 Å². The maximum Gasteiger partial charge on any atom is 0.257 e. The molecule has 3 rings (SSSR count). The van der Waals surface area contributed by atoms with Gasteiger partial charge in [0.1, 0.15) is 0 Å². The van der Waals surface area contributed by atoms with Crippen LogP contribution in [-0.4, -0.2) is 53.4 Å². The lowest BCUT2D eigenvalue weighted by Crippen LogP contribution is -2.38. The summed E-state index contributed by atoms with van der Waals surface area (Å²) < 4.78 is 0. The molecule has 0 aliphatic carbocycles. The van der Waals surface area contributed by atoms with Gasteiger partial charge in [0.05, 0.1) is 11.6 Å². The van der Waals surface area contributed by atoms with E-state index in [1.807, 2.05) is 4.90 Å². The first kappa shape index (κ1) is 18.3. The zero-order valence-corrected chi connectivity index (χ0v) is 15.8. The van der Waals surface area contributed by atoms with Crippen LogP contribution in [0.4, 0.5) is 5.95 Å². The molecule has 1 aromatic heterocycles. The third-order valence-corrected chi connectivity index (χ3v) is 4.75. The van der Waals surface area contributed by atoms with Crippen LogP contribution in [0.15, 0.2) is 36.7 Å². The molecule has 0 saturated carbocycles. The summed E-state index contributed by atoms with van der Waals surface area (Å²) in [5.74, 6) is 0.531. The Morgan fingerprint density at radius 2 is 1.88 bits per heavy atom. The number of hydrogen-bond acceptors (Lipinski definition) is 5. The van der Waals surface area contributed by atoms with Gasteiger partial charge in [-0.15, -0.1) is 0 Å². The van der Waals surface area contributed by atoms with E-state index in [4.69, 9.17) is 0 Å². The first-order valence-corrected chi connectivity index (χ1v) is 9.13. The molecular weight excluding hydrogens is 326 g/mol. The Hall–Kier alpha value is -2.47. The van der Waals surface area contributed by atoms with Gasteiger partial charge in [0.2, 0.25) is 5.95 Å². The number of carbonyl (C=O) groups is 1. The van der Waals surface area contributed by atoms with Gasteiger partial charge in [-0.3, -0.25) is 4.79 Å². The molecule has 1 aromatic carbocycles. The third kappa shape index (κ3) is 4.19. The molecule has 0 bridgehead atoms. The Bertz CT molecular complexity index is 727. The van der Waals surface area contributed by atoms with Gasteiger partial charge in [0.25, 0.3) is 5.91 Å². The minimum Gasteiger partial charge on any atom is -0.357 e. The summed E-state index contributed by atoms with van der Waals surface area (Å²) in [6.07, 6.45) is 6.38. The number of likely N-dealkylation sites (tertiary alicyclic amines) is 1. The second-order valence-electron chi connectivity index (χ2n) is 7.03. The molecule has 1 saturated heterocycles. The molecule has 1 amide bonds. The lowest BCUT2D eigenvalue weighted by Gasteiger charge is -2.36. The Kier molecular flexibility index (Phi) is 5.83. The van der Waals surface area contributed by atoms with E-state index in [0.717, 1.165) is 32.4 Å². The maximum absolute atomic E-state index is 13.0. The average molecular weight is 353 g/mol. The van der Waals surface area contributed by atoms with Crippen molar-refractivity contribution in [2.24, 2.45) is 0 Å². The van der Waals surface area contributed by atoms with Crippen molar-refractivity contribution in [1.29, 1.82) is 0 Å². The SMILES string of the molecule is CNc1ncc(C(=O)N2CCCC[C@@H]2c2ccc(CN(C)C)cc2)cn1. The number of hydrogen-bond donors (Lipinski definition) is 1. The first-order valence-electron chi connectivity index (χ1n) is 9.13. The summed E-state index contributed by atoms with van der Waals surface area (Å²) in [5, 5.41) is 2.88. The highest BCUT2D eigenvalue weighted by atomic mass is 16.2. The van der Waals surface area contributed by atoms with Crippen LogP contribution in [0.5, 0.6) is 0 Å². The molecule has 1 fully saturated rings. The summed E-state index contributed by atoms with van der Waals surface area (Å²) in [5.41, 5.74) is 3.02. The van der Waals surface area contributed by atoms with Crippen LogP contribution < -0.4 is 5.32 Å². The largest absolute Gasteiger partial charge is 0.357 e. The number of carbonyl (C=O) groups excluding carboxylic acids is 1. The average Bonchev–Trinajstić information content (AvgIpc) is 2.68. The number of anilines is 1. The first-order chi connectivity index (χ1) is 12.6. The Labute approximate surface area is 155 Å². The van der Waals surface area contributed by atoms with Crippen molar-refractivity contribution in [3.05, 3.63) is 53.3 Å². The van der Waals surface area contributed by atoms with Crippen molar-refractivity contribution in [3.8, 4) is 0 Å². The maximum atomic E-state index is 13.0. The van der Waals surface area contributed by atoms with Gasteiger partial charge >= 0.3 is 0 Å². The molecule has 6 heteroatoms. The monoisotopic (exact) mass is 353 g/mol. The van der Waals surface area contributed by atoms with Crippen LogP contribution >= 0.6 is 0 Å². The molecule has 26 heavy (non-hydrogen) atoms. The molecular formula is C20H27N5O. The highest BCUT2D eigenvalue weighted by molar-refractivity contribution is 5.94. The number of aromatic nitrogens is 2. The van der Waals surface area contributed by atoms with Crippen molar-refractivity contribution in [2.45, 2.75) is 31.8 Å². The standard InChI is InChI=1S/C20H27N5O/c1-21-20-22-12-17(13-23-20)19(26)25-11-5-4-6-18(25)16-9-7-15(8-10-16)14-24(2)3/h7-10,12-13,18H,4-6,11,14H2,1-3H3,(H,21,22,23)/t18-/m1/s1. The third-order valence-electron chi connectivity index (χ3n) is 4.75. The summed E-state index contributed by atoms with van der Waals surface area (Å²) in [7, 11) is 5.89. The van der Waals surface area contributed by atoms with E-state index in [0.29, 0.717) is 11.5 Å². The normalized spacial score (nSPS) is 17.4. The fraction of sp³-hybridized carbons (Fsp3) is 0.450. The Balaban J connectivity index is 1.79. The second-order valence-corrected chi connectivity index (χ2v) is 7.03. The van der Waals surface area contributed by atoms with Gasteiger partial charge in [0.15, 0.2) is 0 Å². The second kappa shape index (κ2) is 8.27. The van der Waals surface area contributed by atoms with Crippen molar-refractivity contribution >= 4 is 11.9 Å². The summed E-state index contributed by atoms with van der Waals surface area (Å²) >= 11 is 0. The topological polar surface area (TPSA) is 61.4 Å². The Morgan fingerprint density at radius 3 is 2.50 bits per heavy atom. The zero-order valence-electron chi connectivity index (χ0n) is 15.8. The van der Waals surface area contributed by atoms with E-state index in [1.165, 1.54) is 11.1 Å². The smallest absolute Gasteiger partial charge is 0.257 e. The molecule has 2 aromatic rings. The number of piperidine rings is 1. The fourth-order valence-electron chi connectivity index (χ4n) is 3.46. The van der Waals surface area contributed by atoms with Crippen molar-refractivity contribution < 1.29 is 4.79 Å². The van der Waals surface area contributed by atoms with Crippen LogP contribution in [0, 0.1) is 0 Å². The zero-order chi connectivity index (χ0) is 18.5. The van der Waals surface area contributed by atoms with Crippen LogP contribution in [0.25, 0.3) is 0 Å². The summed E-state index contributed by atoms with van der Waals surface area (Å²) in [4.78, 5) is 25.5. The fourth-order valence-corrected chi connectivity index (χ4v) is 3.46. The molecule has 138 valence electrons. The molecule has 2 heterocycles. The quantitative estimate of drug-likeness (QED) is 0.895. The molecule has 1 aliphatic heterocycles. The van der Waals surface area contributed by atoms with E-state index in [1.54, 1.807) is 19.4 Å². The molecule has 1 atom stereocenters. The van der Waals surface area contributed by atoms with Crippen LogP contribution in [0.1, 0.15) is 46.8 Å². The predicted octanol–water partition coefficient (Wildman–Crippen LogP) is 2.95. The van der Waals surface area contributed by atoms with Gasteiger partial charge in [-0.05, 0) is 44.5 Å². The molecule has 0 unspecified atom stereocenters. The van der Waals surface area contributed by atoms with Crippen molar-refractivity contribution in [3.63, 3.8) is 0 Å². The predicted molar refractivity (Wildman–Crippen MR) is 103 cm³/mol. The number of nitrogens with zero attached hydrogens (tertiary/aromatic N) is 4. The number of rotatable bonds is 5.